The monoisotopic (exact) mass is 368 g/mol. The number of esters is 1. The van der Waals surface area contributed by atoms with Crippen molar-refractivity contribution in [2.24, 2.45) is 0 Å². The van der Waals surface area contributed by atoms with Crippen molar-refractivity contribution in [3.8, 4) is 0 Å². The number of carbonyl (C=O) groups excluding carboxylic acids is 2. The van der Waals surface area contributed by atoms with E-state index in [9.17, 15) is 29.6 Å². The third-order valence-corrected chi connectivity index (χ3v) is 3.48. The highest BCUT2D eigenvalue weighted by atomic mass is 16.6. The number of carboxylic acids is 1. The molecule has 10 heteroatoms. The van der Waals surface area contributed by atoms with Crippen molar-refractivity contribution in [3.63, 3.8) is 0 Å². The van der Waals surface area contributed by atoms with E-state index >= 15 is 0 Å². The van der Waals surface area contributed by atoms with Gasteiger partial charge in [-0.3, -0.25) is 19.7 Å². The van der Waals surface area contributed by atoms with Crippen molar-refractivity contribution < 1.29 is 33.9 Å². The Morgan fingerprint density at radius 2 is 1.88 bits per heavy atom. The molecule has 0 bridgehead atoms. The van der Waals surface area contributed by atoms with E-state index in [1.165, 1.54) is 31.4 Å². The minimum absolute atomic E-state index is 0.111. The molecule has 0 fully saturated rings. The highest BCUT2D eigenvalue weighted by Crippen LogP contribution is 2.27. The van der Waals surface area contributed by atoms with Gasteiger partial charge in [0.05, 0.1) is 18.0 Å². The van der Waals surface area contributed by atoms with E-state index in [1.54, 1.807) is 6.92 Å². The van der Waals surface area contributed by atoms with Crippen LogP contribution in [0, 0.1) is 10.1 Å². The lowest BCUT2D eigenvalue weighted by atomic mass is 9.88. The van der Waals surface area contributed by atoms with Gasteiger partial charge >= 0.3 is 11.9 Å². The lowest BCUT2D eigenvalue weighted by molar-refractivity contribution is -0.384. The first kappa shape index (κ1) is 21.0. The van der Waals surface area contributed by atoms with Gasteiger partial charge in [0.1, 0.15) is 12.6 Å². The molecule has 0 saturated heterocycles. The highest BCUT2D eigenvalue weighted by molar-refractivity contribution is 5.86. The van der Waals surface area contributed by atoms with Crippen molar-refractivity contribution in [1.29, 1.82) is 0 Å². The van der Waals surface area contributed by atoms with Crippen molar-refractivity contribution in [2.75, 3.05) is 20.3 Å². The number of methoxy groups -OCH3 is 1. The van der Waals surface area contributed by atoms with Crippen LogP contribution in [0.4, 0.5) is 5.69 Å². The highest BCUT2D eigenvalue weighted by Gasteiger charge is 2.33. The van der Waals surface area contributed by atoms with E-state index in [0.29, 0.717) is 5.56 Å². The number of hydrogen-bond acceptors (Lipinski definition) is 7. The molecule has 1 aromatic carbocycles. The number of rotatable bonds is 10. The van der Waals surface area contributed by atoms with Crippen LogP contribution in [0.5, 0.6) is 0 Å². The first-order chi connectivity index (χ1) is 12.3. The third-order valence-electron chi connectivity index (χ3n) is 3.48. The Kier molecular flexibility index (Phi) is 8.16. The molecule has 0 aliphatic rings. The summed E-state index contributed by atoms with van der Waals surface area (Å²) in [5.74, 6) is -3.66. The van der Waals surface area contributed by atoms with Gasteiger partial charge in [-0.25, -0.2) is 4.79 Å². The molecule has 1 amide bonds. The summed E-state index contributed by atoms with van der Waals surface area (Å²) in [7, 11) is 1.28. The molecule has 0 aliphatic carbocycles. The van der Waals surface area contributed by atoms with Crippen LogP contribution in [-0.4, -0.2) is 54.2 Å². The molecule has 0 aromatic heterocycles. The summed E-state index contributed by atoms with van der Waals surface area (Å²) in [4.78, 5) is 45.4. The molecular formula is C16H20N2O8. The van der Waals surface area contributed by atoms with Crippen LogP contribution in [0.15, 0.2) is 24.3 Å². The zero-order valence-corrected chi connectivity index (χ0v) is 14.3. The molecule has 26 heavy (non-hydrogen) atoms. The van der Waals surface area contributed by atoms with E-state index in [-0.39, 0.29) is 25.3 Å². The summed E-state index contributed by atoms with van der Waals surface area (Å²) in [6.07, 6.45) is -0.324. The number of nitrogens with zero attached hydrogens (tertiary/aromatic N) is 1. The van der Waals surface area contributed by atoms with Gasteiger partial charge in [0.25, 0.3) is 5.69 Å². The molecule has 0 spiro atoms. The van der Waals surface area contributed by atoms with Crippen LogP contribution in [0.25, 0.3) is 0 Å². The van der Waals surface area contributed by atoms with Crippen molar-refractivity contribution in [1.82, 2.24) is 5.32 Å². The minimum atomic E-state index is -1.44. The largest absolute Gasteiger partial charge is 0.480 e. The quantitative estimate of drug-likeness (QED) is 0.351. The van der Waals surface area contributed by atoms with Gasteiger partial charge in [0.15, 0.2) is 0 Å². The predicted octanol–water partition coefficient (Wildman–Crippen LogP) is 0.847. The van der Waals surface area contributed by atoms with Crippen LogP contribution >= 0.6 is 0 Å². The van der Waals surface area contributed by atoms with Gasteiger partial charge in [0.2, 0.25) is 5.91 Å². The summed E-state index contributed by atoms with van der Waals surface area (Å²) in [5.41, 5.74) is 0.160. The number of nitro groups is 1. The molecule has 2 N–H and O–H groups in total. The van der Waals surface area contributed by atoms with Crippen LogP contribution < -0.4 is 5.32 Å². The first-order valence-electron chi connectivity index (χ1n) is 7.71. The van der Waals surface area contributed by atoms with Gasteiger partial charge in [-0.05, 0) is 12.5 Å². The van der Waals surface area contributed by atoms with E-state index in [2.05, 4.69) is 10.1 Å². The topological polar surface area (TPSA) is 145 Å². The molecular weight excluding hydrogens is 348 g/mol. The Balaban J connectivity index is 3.18. The fourth-order valence-electron chi connectivity index (χ4n) is 2.35. The van der Waals surface area contributed by atoms with Gasteiger partial charge in [-0.1, -0.05) is 12.1 Å². The first-order valence-corrected chi connectivity index (χ1v) is 7.71. The fourth-order valence-corrected chi connectivity index (χ4v) is 2.35. The summed E-state index contributed by atoms with van der Waals surface area (Å²) in [6.45, 7) is 1.36. The zero-order valence-electron chi connectivity index (χ0n) is 14.3. The Bertz CT molecular complexity index is 659. The summed E-state index contributed by atoms with van der Waals surface area (Å²) in [6, 6.07) is 3.65. The standard InChI is InChI=1S/C16H20N2O8/c1-3-26-14(20)8-12(10-4-6-11(7-5-10)18(23)24)15(16(21)22)17-13(19)9-25-2/h4-7,12,15H,3,8-9H2,1-2H3,(H,17,19)(H,21,22)/t12-,15+/m1/s1. The minimum Gasteiger partial charge on any atom is -0.480 e. The normalized spacial score (nSPS) is 12.7. The lowest BCUT2D eigenvalue weighted by Crippen LogP contribution is -2.46. The van der Waals surface area contributed by atoms with E-state index < -0.39 is 34.7 Å². The smallest absolute Gasteiger partial charge is 0.326 e. The van der Waals surface area contributed by atoms with Gasteiger partial charge in [-0.15, -0.1) is 0 Å². The van der Waals surface area contributed by atoms with E-state index in [4.69, 9.17) is 4.74 Å². The number of nitro benzene ring substituents is 1. The molecule has 2 atom stereocenters. The summed E-state index contributed by atoms with van der Waals surface area (Å²) < 4.78 is 9.52. The van der Waals surface area contributed by atoms with Gasteiger partial charge < -0.3 is 19.9 Å². The Labute approximate surface area is 149 Å². The molecule has 0 heterocycles. The summed E-state index contributed by atoms with van der Waals surface area (Å²) in [5, 5.41) is 22.6. The van der Waals surface area contributed by atoms with Gasteiger partial charge in [-0.2, -0.15) is 0 Å². The molecule has 0 aliphatic heterocycles. The number of aliphatic carboxylic acids is 1. The number of carbonyl (C=O) groups is 3. The maximum absolute atomic E-state index is 11.9. The van der Waals surface area contributed by atoms with Gasteiger partial charge in [0, 0.05) is 25.2 Å². The lowest BCUT2D eigenvalue weighted by Gasteiger charge is -2.24. The van der Waals surface area contributed by atoms with Crippen LogP contribution in [-0.2, 0) is 23.9 Å². The Hall–Kier alpha value is -3.01. The average molecular weight is 368 g/mol. The Morgan fingerprint density at radius 3 is 2.35 bits per heavy atom. The SMILES string of the molecule is CCOC(=O)C[C@H](c1ccc([N+](=O)[O-])cc1)[C@H](NC(=O)COC)C(=O)O. The number of amides is 1. The second kappa shape index (κ2) is 10.1. The number of benzene rings is 1. The third kappa shape index (κ3) is 6.13. The van der Waals surface area contributed by atoms with Crippen LogP contribution in [0.2, 0.25) is 0 Å². The van der Waals surface area contributed by atoms with E-state index in [0.717, 1.165) is 0 Å². The number of non-ortho nitro benzene ring substituents is 1. The van der Waals surface area contributed by atoms with Crippen LogP contribution in [0.3, 0.4) is 0 Å². The second-order valence-corrected chi connectivity index (χ2v) is 5.28. The molecule has 0 saturated carbocycles. The van der Waals surface area contributed by atoms with E-state index in [1.807, 2.05) is 0 Å². The van der Waals surface area contributed by atoms with Crippen molar-refractivity contribution in [2.45, 2.75) is 25.3 Å². The maximum atomic E-state index is 11.9. The molecule has 0 radical (unpaired) electrons. The maximum Gasteiger partial charge on any atom is 0.326 e. The zero-order chi connectivity index (χ0) is 19.7. The average Bonchev–Trinajstić information content (AvgIpc) is 2.58. The number of carboxylic acid groups (broad SMARTS) is 1. The number of nitrogens with one attached hydrogen (secondary N) is 1. The molecule has 0 unspecified atom stereocenters. The fraction of sp³-hybridized carbons (Fsp3) is 0.438. The number of hydrogen-bond donors (Lipinski definition) is 2. The second-order valence-electron chi connectivity index (χ2n) is 5.28. The molecule has 10 nitrogen and oxygen atoms in total. The van der Waals surface area contributed by atoms with Crippen molar-refractivity contribution in [3.05, 3.63) is 39.9 Å². The predicted molar refractivity (Wildman–Crippen MR) is 88.5 cm³/mol. The Morgan fingerprint density at radius 1 is 1.27 bits per heavy atom. The summed E-state index contributed by atoms with van der Waals surface area (Å²) >= 11 is 0. The van der Waals surface area contributed by atoms with Crippen LogP contribution in [0.1, 0.15) is 24.8 Å². The van der Waals surface area contributed by atoms with Crippen molar-refractivity contribution >= 4 is 23.5 Å². The molecule has 142 valence electrons. The molecule has 1 aromatic rings. The number of ether oxygens (including phenoxy) is 2. The molecule has 1 rings (SSSR count).